The lowest BCUT2D eigenvalue weighted by Gasteiger charge is -2.09. The van der Waals surface area contributed by atoms with E-state index < -0.39 is 0 Å². The highest BCUT2D eigenvalue weighted by atomic mass is 16.4. The number of benzene rings is 3. The second-order valence-electron chi connectivity index (χ2n) is 6.89. The zero-order valence-corrected chi connectivity index (χ0v) is 16.2. The Kier molecular flexibility index (Phi) is 4.81. The van der Waals surface area contributed by atoms with Crippen molar-refractivity contribution in [3.05, 3.63) is 77.4 Å². The standard InChI is InChI=1S/C22H20N6O2/c1-12-10-15(20(23)27-29)6-8-17(12)13-2-4-14(5-3-13)22-25-18-9-7-16(21(24)28-30)11-19(18)26-22/h2-11,29-30H,1H3,(H2,23,27)(H2,24,28)(H,25,26). The number of hydrogen-bond donors (Lipinski definition) is 5. The average molecular weight is 400 g/mol. The van der Waals surface area contributed by atoms with E-state index in [9.17, 15) is 0 Å². The molecule has 0 atom stereocenters. The van der Waals surface area contributed by atoms with E-state index in [0.717, 1.165) is 39.1 Å². The van der Waals surface area contributed by atoms with Crippen LogP contribution in [0.2, 0.25) is 0 Å². The van der Waals surface area contributed by atoms with E-state index in [1.54, 1.807) is 12.1 Å². The maximum Gasteiger partial charge on any atom is 0.170 e. The number of nitrogens with two attached hydrogens (primary N) is 2. The fourth-order valence-corrected chi connectivity index (χ4v) is 3.38. The first-order valence-electron chi connectivity index (χ1n) is 9.17. The third-order valence-corrected chi connectivity index (χ3v) is 4.98. The van der Waals surface area contributed by atoms with Crippen LogP contribution in [0, 0.1) is 6.92 Å². The van der Waals surface area contributed by atoms with Gasteiger partial charge in [0, 0.05) is 16.7 Å². The highest BCUT2D eigenvalue weighted by Gasteiger charge is 2.10. The molecule has 4 rings (SSSR count). The van der Waals surface area contributed by atoms with E-state index in [4.69, 9.17) is 21.9 Å². The van der Waals surface area contributed by atoms with E-state index in [-0.39, 0.29) is 11.7 Å². The maximum atomic E-state index is 8.85. The third kappa shape index (κ3) is 3.42. The minimum Gasteiger partial charge on any atom is -0.409 e. The number of hydrogen-bond acceptors (Lipinski definition) is 5. The lowest BCUT2D eigenvalue weighted by Crippen LogP contribution is -2.13. The van der Waals surface area contributed by atoms with E-state index in [1.807, 2.05) is 55.5 Å². The number of rotatable bonds is 4. The smallest absolute Gasteiger partial charge is 0.170 e. The fraction of sp³-hybridized carbons (Fsp3) is 0.0455. The number of fused-ring (bicyclic) bond motifs is 1. The molecule has 0 amide bonds. The number of nitrogens with one attached hydrogen (secondary N) is 1. The molecule has 0 unspecified atom stereocenters. The van der Waals surface area contributed by atoms with Crippen LogP contribution in [-0.2, 0) is 0 Å². The van der Waals surface area contributed by atoms with Crippen LogP contribution < -0.4 is 11.5 Å². The van der Waals surface area contributed by atoms with E-state index in [2.05, 4.69) is 20.3 Å². The summed E-state index contributed by atoms with van der Waals surface area (Å²) < 4.78 is 0. The van der Waals surface area contributed by atoms with Crippen LogP contribution in [0.5, 0.6) is 0 Å². The molecular weight excluding hydrogens is 380 g/mol. The second kappa shape index (κ2) is 7.59. The molecule has 0 aliphatic heterocycles. The number of nitrogens with zero attached hydrogens (tertiary/aromatic N) is 3. The summed E-state index contributed by atoms with van der Waals surface area (Å²) in [5.74, 6) is 0.859. The molecule has 1 aromatic heterocycles. The van der Waals surface area contributed by atoms with Gasteiger partial charge in [0.15, 0.2) is 11.7 Å². The van der Waals surface area contributed by atoms with Crippen molar-refractivity contribution in [2.75, 3.05) is 0 Å². The molecule has 0 spiro atoms. The van der Waals surface area contributed by atoms with Crippen molar-refractivity contribution in [1.29, 1.82) is 0 Å². The predicted octanol–water partition coefficient (Wildman–Crippen LogP) is 3.39. The van der Waals surface area contributed by atoms with Crippen LogP contribution in [0.4, 0.5) is 0 Å². The van der Waals surface area contributed by atoms with Crippen molar-refractivity contribution in [3.8, 4) is 22.5 Å². The van der Waals surface area contributed by atoms with E-state index in [0.29, 0.717) is 11.1 Å². The third-order valence-electron chi connectivity index (χ3n) is 4.98. The number of aromatic nitrogens is 2. The molecule has 0 aliphatic carbocycles. The van der Waals surface area contributed by atoms with Crippen molar-refractivity contribution >= 4 is 22.7 Å². The summed E-state index contributed by atoms with van der Waals surface area (Å²) in [5, 5.41) is 23.8. The zero-order chi connectivity index (χ0) is 21.3. The molecule has 1 heterocycles. The van der Waals surface area contributed by atoms with E-state index >= 15 is 0 Å². The molecule has 0 aliphatic rings. The van der Waals surface area contributed by atoms with Crippen molar-refractivity contribution < 1.29 is 10.4 Å². The zero-order valence-electron chi connectivity index (χ0n) is 16.2. The summed E-state index contributed by atoms with van der Waals surface area (Å²) in [7, 11) is 0. The largest absolute Gasteiger partial charge is 0.409 e. The Labute approximate surface area is 172 Å². The Morgan fingerprint density at radius 1 is 0.833 bits per heavy atom. The van der Waals surface area contributed by atoms with Crippen molar-refractivity contribution in [3.63, 3.8) is 0 Å². The topological polar surface area (TPSA) is 146 Å². The Bertz CT molecular complexity index is 1290. The Balaban J connectivity index is 1.65. The molecular formula is C22H20N6O2. The highest BCUT2D eigenvalue weighted by molar-refractivity contribution is 6.00. The molecule has 150 valence electrons. The summed E-state index contributed by atoms with van der Waals surface area (Å²) in [6.07, 6.45) is 0. The molecule has 0 saturated heterocycles. The number of amidine groups is 2. The second-order valence-corrected chi connectivity index (χ2v) is 6.89. The van der Waals surface area contributed by atoms with Gasteiger partial charge in [0.05, 0.1) is 11.0 Å². The minimum atomic E-state index is 0.0470. The first-order valence-corrected chi connectivity index (χ1v) is 9.17. The van der Waals surface area contributed by atoms with Gasteiger partial charge >= 0.3 is 0 Å². The van der Waals surface area contributed by atoms with Crippen molar-refractivity contribution in [2.45, 2.75) is 6.92 Å². The van der Waals surface area contributed by atoms with Crippen LogP contribution in [0.3, 0.4) is 0 Å². The van der Waals surface area contributed by atoms with Gasteiger partial charge in [-0.15, -0.1) is 0 Å². The first-order chi connectivity index (χ1) is 14.5. The van der Waals surface area contributed by atoms with Gasteiger partial charge in [-0.05, 0) is 47.9 Å². The number of imidazole rings is 1. The van der Waals surface area contributed by atoms with Gasteiger partial charge in [-0.25, -0.2) is 4.98 Å². The van der Waals surface area contributed by atoms with Gasteiger partial charge in [0.2, 0.25) is 0 Å². The molecule has 3 aromatic carbocycles. The monoisotopic (exact) mass is 400 g/mol. The first kappa shape index (κ1) is 19.0. The van der Waals surface area contributed by atoms with Crippen LogP contribution in [0.15, 0.2) is 71.0 Å². The summed E-state index contributed by atoms with van der Waals surface area (Å²) in [5.41, 5.74) is 18.3. The molecule has 0 saturated carbocycles. The average Bonchev–Trinajstić information content (AvgIpc) is 3.21. The van der Waals surface area contributed by atoms with Crippen LogP contribution in [-0.4, -0.2) is 32.1 Å². The SMILES string of the molecule is Cc1cc(C(N)=NO)ccc1-c1ccc(-c2nc3ccc(C(N)=NO)cc3[nH]2)cc1. The molecule has 8 nitrogen and oxygen atoms in total. The Morgan fingerprint density at radius 3 is 2.07 bits per heavy atom. The van der Waals surface area contributed by atoms with Gasteiger partial charge in [-0.3, -0.25) is 0 Å². The van der Waals surface area contributed by atoms with Gasteiger partial charge < -0.3 is 26.9 Å². The quantitative estimate of drug-likeness (QED) is 0.154. The van der Waals surface area contributed by atoms with Gasteiger partial charge in [0.1, 0.15) is 5.82 Å². The van der Waals surface area contributed by atoms with Crippen LogP contribution >= 0.6 is 0 Å². The molecule has 4 aromatic rings. The molecule has 0 radical (unpaired) electrons. The minimum absolute atomic E-state index is 0.0470. The van der Waals surface area contributed by atoms with Gasteiger partial charge in [0.25, 0.3) is 0 Å². The van der Waals surface area contributed by atoms with Gasteiger partial charge in [-0.1, -0.05) is 46.7 Å². The number of aryl methyl sites for hydroxylation is 1. The maximum absolute atomic E-state index is 8.85. The molecule has 30 heavy (non-hydrogen) atoms. The number of oxime groups is 2. The Morgan fingerprint density at radius 2 is 1.43 bits per heavy atom. The summed E-state index contributed by atoms with van der Waals surface area (Å²) >= 11 is 0. The van der Waals surface area contributed by atoms with Crippen molar-refractivity contribution in [1.82, 2.24) is 9.97 Å². The lowest BCUT2D eigenvalue weighted by molar-refractivity contribution is 0.318. The summed E-state index contributed by atoms with van der Waals surface area (Å²) in [6, 6.07) is 19.1. The van der Waals surface area contributed by atoms with Gasteiger partial charge in [-0.2, -0.15) is 0 Å². The lowest BCUT2D eigenvalue weighted by atomic mass is 9.97. The van der Waals surface area contributed by atoms with Crippen LogP contribution in [0.1, 0.15) is 16.7 Å². The van der Waals surface area contributed by atoms with Crippen LogP contribution in [0.25, 0.3) is 33.5 Å². The number of aromatic amines is 1. The predicted molar refractivity (Wildman–Crippen MR) is 117 cm³/mol. The van der Waals surface area contributed by atoms with Crippen molar-refractivity contribution in [2.24, 2.45) is 21.8 Å². The highest BCUT2D eigenvalue weighted by Crippen LogP contribution is 2.28. The fourth-order valence-electron chi connectivity index (χ4n) is 3.38. The molecule has 0 fully saturated rings. The summed E-state index contributed by atoms with van der Waals surface area (Å²) in [4.78, 5) is 7.89. The summed E-state index contributed by atoms with van der Waals surface area (Å²) in [6.45, 7) is 1.98. The molecule has 7 N–H and O–H groups in total. The molecule has 8 heteroatoms. The molecule has 0 bridgehead atoms. The number of H-pyrrole nitrogens is 1. The Hall–Kier alpha value is -4.33. The van der Waals surface area contributed by atoms with E-state index in [1.165, 1.54) is 0 Å². The normalized spacial score (nSPS) is 12.4.